The third-order valence-corrected chi connectivity index (χ3v) is 1.77. The van der Waals surface area contributed by atoms with Crippen LogP contribution in [0.3, 0.4) is 0 Å². The van der Waals surface area contributed by atoms with E-state index >= 15 is 0 Å². The molecule has 0 spiro atoms. The van der Waals surface area contributed by atoms with E-state index in [9.17, 15) is 0 Å². The molecule has 2 nitrogen and oxygen atoms in total. The van der Waals surface area contributed by atoms with Gasteiger partial charge in [-0.1, -0.05) is 24.3 Å². The van der Waals surface area contributed by atoms with E-state index in [0.717, 1.165) is 11.3 Å². The number of anilines is 1. The summed E-state index contributed by atoms with van der Waals surface area (Å²) in [6, 6.07) is 8.01. The Kier molecular flexibility index (Phi) is 3.53. The van der Waals surface area contributed by atoms with Gasteiger partial charge in [0, 0.05) is 12.7 Å². The van der Waals surface area contributed by atoms with Gasteiger partial charge in [-0.15, -0.1) is 0 Å². The zero-order valence-corrected chi connectivity index (χ0v) is 7.99. The van der Waals surface area contributed by atoms with Crippen LogP contribution in [0, 0.1) is 0 Å². The lowest BCUT2D eigenvalue weighted by molar-refractivity contribution is 0.245. The van der Waals surface area contributed by atoms with Crippen LogP contribution in [0.1, 0.15) is 12.5 Å². The predicted molar refractivity (Wildman–Crippen MR) is 56.7 cm³/mol. The van der Waals surface area contributed by atoms with Crippen LogP contribution in [0.2, 0.25) is 0 Å². The number of benzene rings is 1. The van der Waals surface area contributed by atoms with Crippen molar-refractivity contribution in [1.82, 2.24) is 0 Å². The molecule has 1 unspecified atom stereocenters. The van der Waals surface area contributed by atoms with Gasteiger partial charge in [0.25, 0.3) is 0 Å². The van der Waals surface area contributed by atoms with Crippen molar-refractivity contribution in [3.8, 4) is 0 Å². The van der Waals surface area contributed by atoms with Gasteiger partial charge in [0.05, 0.1) is 6.10 Å². The molecule has 0 fully saturated rings. The molecule has 2 N–H and O–H groups in total. The van der Waals surface area contributed by atoms with Gasteiger partial charge in [0.2, 0.25) is 0 Å². The molecular weight excluding hydrogens is 162 g/mol. The van der Waals surface area contributed by atoms with Crippen molar-refractivity contribution >= 4 is 11.8 Å². The number of rotatable bonds is 3. The monoisotopic (exact) mass is 177 g/mol. The summed E-state index contributed by atoms with van der Waals surface area (Å²) in [5.41, 5.74) is 2.19. The Labute approximate surface area is 78.9 Å². The van der Waals surface area contributed by atoms with Gasteiger partial charge in [-0.05, 0) is 24.6 Å². The largest absolute Gasteiger partial charge is 0.389 e. The number of hydrogen-bond acceptors (Lipinski definition) is 2. The summed E-state index contributed by atoms with van der Waals surface area (Å²) in [5, 5.41) is 12.1. The maximum atomic E-state index is 9.02. The molecule has 0 aliphatic carbocycles. The van der Waals surface area contributed by atoms with Gasteiger partial charge < -0.3 is 10.4 Å². The van der Waals surface area contributed by atoms with E-state index in [1.807, 2.05) is 37.4 Å². The van der Waals surface area contributed by atoms with Gasteiger partial charge in [-0.2, -0.15) is 0 Å². The summed E-state index contributed by atoms with van der Waals surface area (Å²) in [6.45, 7) is 1.73. The van der Waals surface area contributed by atoms with Crippen molar-refractivity contribution in [3.63, 3.8) is 0 Å². The van der Waals surface area contributed by atoms with Crippen LogP contribution >= 0.6 is 0 Å². The highest BCUT2D eigenvalue weighted by atomic mass is 16.3. The molecule has 1 rings (SSSR count). The van der Waals surface area contributed by atoms with Gasteiger partial charge in [-0.3, -0.25) is 0 Å². The highest BCUT2D eigenvalue weighted by Crippen LogP contribution is 2.09. The third-order valence-electron chi connectivity index (χ3n) is 1.77. The van der Waals surface area contributed by atoms with Crippen LogP contribution in [-0.2, 0) is 0 Å². The van der Waals surface area contributed by atoms with E-state index < -0.39 is 0 Å². The third kappa shape index (κ3) is 3.30. The smallest absolute Gasteiger partial charge is 0.0696 e. The van der Waals surface area contributed by atoms with Gasteiger partial charge >= 0.3 is 0 Å². The average Bonchev–Trinajstić information content (AvgIpc) is 2.15. The molecule has 70 valence electrons. The Morgan fingerprint density at radius 2 is 1.92 bits per heavy atom. The average molecular weight is 177 g/mol. The summed E-state index contributed by atoms with van der Waals surface area (Å²) in [6.07, 6.45) is 3.28. The Hall–Kier alpha value is -1.28. The predicted octanol–water partition coefficient (Wildman–Crippen LogP) is 2.12. The maximum absolute atomic E-state index is 9.02. The Bertz CT molecular complexity index is 275. The van der Waals surface area contributed by atoms with Crippen molar-refractivity contribution in [3.05, 3.63) is 35.9 Å². The van der Waals surface area contributed by atoms with Crippen LogP contribution in [0.4, 0.5) is 5.69 Å². The topological polar surface area (TPSA) is 32.3 Å². The zero-order valence-electron chi connectivity index (χ0n) is 7.99. The van der Waals surface area contributed by atoms with Crippen LogP contribution < -0.4 is 5.32 Å². The van der Waals surface area contributed by atoms with Crippen molar-refractivity contribution in [2.75, 3.05) is 12.4 Å². The van der Waals surface area contributed by atoms with Crippen molar-refractivity contribution in [2.24, 2.45) is 0 Å². The molecule has 0 radical (unpaired) electrons. The number of nitrogens with one attached hydrogen (secondary N) is 1. The normalized spacial score (nSPS) is 13.2. The minimum absolute atomic E-state index is 0.385. The Morgan fingerprint density at radius 3 is 2.38 bits per heavy atom. The van der Waals surface area contributed by atoms with E-state index in [2.05, 4.69) is 5.32 Å². The fourth-order valence-corrected chi connectivity index (χ4v) is 1.01. The number of hydrogen-bond donors (Lipinski definition) is 2. The van der Waals surface area contributed by atoms with Gasteiger partial charge in [-0.25, -0.2) is 0 Å². The minimum Gasteiger partial charge on any atom is -0.389 e. The second-order valence-electron chi connectivity index (χ2n) is 2.97. The molecule has 0 saturated carbocycles. The van der Waals surface area contributed by atoms with Crippen molar-refractivity contribution in [2.45, 2.75) is 13.0 Å². The quantitative estimate of drug-likeness (QED) is 0.741. The SMILES string of the molecule is CNc1ccc(/C=C/C(C)O)cc1. The molecule has 1 aromatic carbocycles. The molecule has 1 aromatic rings. The standard InChI is InChI=1S/C11H15NO/c1-9(13)3-4-10-5-7-11(12-2)8-6-10/h3-9,12-13H,1-2H3/b4-3+. The fourth-order valence-electron chi connectivity index (χ4n) is 1.01. The highest BCUT2D eigenvalue weighted by molar-refractivity contribution is 5.54. The first kappa shape index (κ1) is 9.81. The van der Waals surface area contributed by atoms with E-state index in [1.54, 1.807) is 13.0 Å². The second-order valence-corrected chi connectivity index (χ2v) is 2.97. The molecule has 0 aromatic heterocycles. The summed E-state index contributed by atoms with van der Waals surface area (Å²) in [5.74, 6) is 0. The molecule has 1 atom stereocenters. The maximum Gasteiger partial charge on any atom is 0.0696 e. The summed E-state index contributed by atoms with van der Waals surface area (Å²) in [7, 11) is 1.89. The van der Waals surface area contributed by atoms with Crippen LogP contribution in [0.15, 0.2) is 30.3 Å². The van der Waals surface area contributed by atoms with E-state index in [-0.39, 0.29) is 6.10 Å². The molecule has 2 heteroatoms. The fraction of sp³-hybridized carbons (Fsp3) is 0.273. The molecule has 0 amide bonds. The molecule has 0 heterocycles. The molecule has 0 aliphatic heterocycles. The zero-order chi connectivity index (χ0) is 9.68. The second kappa shape index (κ2) is 4.67. The summed E-state index contributed by atoms with van der Waals surface area (Å²) < 4.78 is 0. The van der Waals surface area contributed by atoms with Gasteiger partial charge in [0.1, 0.15) is 0 Å². The van der Waals surface area contributed by atoms with E-state index in [0.29, 0.717) is 0 Å². The Morgan fingerprint density at radius 1 is 1.31 bits per heavy atom. The first-order chi connectivity index (χ1) is 6.22. The van der Waals surface area contributed by atoms with E-state index in [4.69, 9.17) is 5.11 Å². The first-order valence-corrected chi connectivity index (χ1v) is 4.36. The molecule has 0 bridgehead atoms. The van der Waals surface area contributed by atoms with Gasteiger partial charge in [0.15, 0.2) is 0 Å². The van der Waals surface area contributed by atoms with Crippen LogP contribution in [0.5, 0.6) is 0 Å². The lowest BCUT2D eigenvalue weighted by Gasteiger charge is -1.99. The van der Waals surface area contributed by atoms with Crippen molar-refractivity contribution < 1.29 is 5.11 Å². The van der Waals surface area contributed by atoms with Crippen LogP contribution in [0.25, 0.3) is 6.08 Å². The number of aliphatic hydroxyl groups excluding tert-OH is 1. The van der Waals surface area contributed by atoms with E-state index in [1.165, 1.54) is 0 Å². The van der Waals surface area contributed by atoms with Crippen molar-refractivity contribution in [1.29, 1.82) is 0 Å². The van der Waals surface area contributed by atoms with Crippen LogP contribution in [-0.4, -0.2) is 18.3 Å². The minimum atomic E-state index is -0.385. The number of aliphatic hydroxyl groups is 1. The molecule has 0 saturated heterocycles. The lowest BCUT2D eigenvalue weighted by atomic mass is 10.2. The Balaban J connectivity index is 2.69. The molecule has 13 heavy (non-hydrogen) atoms. The first-order valence-electron chi connectivity index (χ1n) is 4.36. The lowest BCUT2D eigenvalue weighted by Crippen LogP contribution is -1.91. The summed E-state index contributed by atoms with van der Waals surface area (Å²) in [4.78, 5) is 0. The summed E-state index contributed by atoms with van der Waals surface area (Å²) >= 11 is 0. The highest BCUT2D eigenvalue weighted by Gasteiger charge is 1.89. The molecule has 0 aliphatic rings. The molecular formula is C11H15NO.